The highest BCUT2D eigenvalue weighted by Gasteiger charge is 2.23. The molecule has 1 fully saturated rings. The molecule has 1 heterocycles. The van der Waals surface area contributed by atoms with Crippen LogP contribution in [0, 0.1) is 10.1 Å². The molecule has 1 saturated heterocycles. The molecule has 2 rings (SSSR count). The van der Waals surface area contributed by atoms with E-state index in [1.165, 1.54) is 18.1 Å². The quantitative estimate of drug-likeness (QED) is 0.673. The number of rotatable bonds is 3. The van der Waals surface area contributed by atoms with Crippen molar-refractivity contribution in [3.8, 4) is 11.5 Å². The number of hydrogen-bond donors (Lipinski definition) is 1. The second-order valence-electron chi connectivity index (χ2n) is 4.32. The molecule has 0 spiro atoms. The minimum atomic E-state index is -0.649. The maximum absolute atomic E-state index is 12.0. The largest absolute Gasteiger partial charge is 0.493 e. The summed E-state index contributed by atoms with van der Waals surface area (Å²) in [7, 11) is 1.36. The number of carbonyl (C=O) groups excluding carboxylic acids is 1. The van der Waals surface area contributed by atoms with Crippen LogP contribution in [0.3, 0.4) is 0 Å². The van der Waals surface area contributed by atoms with Crippen molar-refractivity contribution in [3.05, 3.63) is 27.3 Å². The monoisotopic (exact) mass is 315 g/mol. The highest BCUT2D eigenvalue weighted by Crippen LogP contribution is 2.37. The van der Waals surface area contributed by atoms with Crippen molar-refractivity contribution in [2.75, 3.05) is 33.3 Å². The Labute approximate surface area is 125 Å². The van der Waals surface area contributed by atoms with Crippen molar-refractivity contribution in [2.24, 2.45) is 0 Å². The van der Waals surface area contributed by atoms with Gasteiger partial charge in [-0.05, 0) is 0 Å². The summed E-state index contributed by atoms with van der Waals surface area (Å²) in [4.78, 5) is 23.8. The fraction of sp³-hybridized carbons (Fsp3) is 0.417. The molecule has 1 N–H and O–H groups in total. The summed E-state index contributed by atoms with van der Waals surface area (Å²) in [5, 5.41) is 13.9. The summed E-state index contributed by atoms with van der Waals surface area (Å²) >= 11 is 5.78. The predicted molar refractivity (Wildman–Crippen MR) is 75.1 cm³/mol. The van der Waals surface area contributed by atoms with Gasteiger partial charge in [0.15, 0.2) is 11.5 Å². The Balaban J connectivity index is 2.23. The molecule has 0 bridgehead atoms. The lowest BCUT2D eigenvalue weighted by Gasteiger charge is -2.26. The lowest BCUT2D eigenvalue weighted by atomic mass is 10.3. The van der Waals surface area contributed by atoms with Crippen molar-refractivity contribution >= 4 is 23.4 Å². The van der Waals surface area contributed by atoms with Crippen molar-refractivity contribution in [1.29, 1.82) is 0 Å². The van der Waals surface area contributed by atoms with Crippen LogP contribution in [0.15, 0.2) is 12.1 Å². The van der Waals surface area contributed by atoms with E-state index in [0.29, 0.717) is 26.2 Å². The molecule has 114 valence electrons. The van der Waals surface area contributed by atoms with E-state index >= 15 is 0 Å². The van der Waals surface area contributed by atoms with Crippen LogP contribution in [0.4, 0.5) is 10.5 Å². The van der Waals surface area contributed by atoms with Crippen LogP contribution in [0.25, 0.3) is 0 Å². The number of carbonyl (C=O) groups is 1. The molecule has 1 aliphatic heterocycles. The first-order valence-electron chi connectivity index (χ1n) is 6.22. The second kappa shape index (κ2) is 6.59. The number of halogens is 1. The molecule has 1 aromatic rings. The number of hydrogen-bond acceptors (Lipinski definition) is 6. The Hall–Kier alpha value is -2.06. The van der Waals surface area contributed by atoms with Gasteiger partial charge in [-0.1, -0.05) is 11.6 Å². The lowest BCUT2D eigenvalue weighted by molar-refractivity contribution is -0.384. The number of benzene rings is 1. The molecule has 1 aliphatic rings. The zero-order chi connectivity index (χ0) is 15.4. The maximum atomic E-state index is 12.0. The Bertz CT molecular complexity index is 560. The van der Waals surface area contributed by atoms with Gasteiger partial charge in [0.05, 0.1) is 18.1 Å². The van der Waals surface area contributed by atoms with Crippen molar-refractivity contribution in [3.63, 3.8) is 0 Å². The third kappa shape index (κ3) is 3.53. The molecule has 0 unspecified atom stereocenters. The summed E-state index contributed by atoms with van der Waals surface area (Å²) in [6.07, 6.45) is -0.577. The minimum Gasteiger partial charge on any atom is -0.493 e. The Morgan fingerprint density at radius 2 is 2.05 bits per heavy atom. The van der Waals surface area contributed by atoms with Gasteiger partial charge < -0.3 is 19.7 Å². The second-order valence-corrected chi connectivity index (χ2v) is 4.72. The van der Waals surface area contributed by atoms with Crippen molar-refractivity contribution in [1.82, 2.24) is 10.2 Å². The zero-order valence-electron chi connectivity index (χ0n) is 11.3. The van der Waals surface area contributed by atoms with Crippen LogP contribution in [0.1, 0.15) is 0 Å². The van der Waals surface area contributed by atoms with Gasteiger partial charge in [0, 0.05) is 32.2 Å². The fourth-order valence-electron chi connectivity index (χ4n) is 1.91. The minimum absolute atomic E-state index is 0.0304. The summed E-state index contributed by atoms with van der Waals surface area (Å²) in [6.45, 7) is 2.37. The fourth-order valence-corrected chi connectivity index (χ4v) is 2.13. The number of piperazine rings is 1. The average Bonchev–Trinajstić information content (AvgIpc) is 2.49. The van der Waals surface area contributed by atoms with Gasteiger partial charge in [0.2, 0.25) is 0 Å². The maximum Gasteiger partial charge on any atom is 0.415 e. The molecular formula is C12H14ClN3O5. The predicted octanol–water partition coefficient (Wildman–Crippen LogP) is 1.66. The number of nitrogens with one attached hydrogen (secondary N) is 1. The summed E-state index contributed by atoms with van der Waals surface area (Å²) in [5.74, 6) is 0.131. The number of nitro benzene ring substituents is 1. The van der Waals surface area contributed by atoms with E-state index in [9.17, 15) is 14.9 Å². The molecule has 1 amide bonds. The van der Waals surface area contributed by atoms with E-state index in [0.717, 1.165) is 6.07 Å². The molecule has 21 heavy (non-hydrogen) atoms. The molecule has 1 aromatic carbocycles. The molecule has 0 atom stereocenters. The van der Waals surface area contributed by atoms with E-state index in [1.807, 2.05) is 0 Å². The number of nitrogens with zero attached hydrogens (tertiary/aromatic N) is 2. The first-order chi connectivity index (χ1) is 10.0. The number of methoxy groups -OCH3 is 1. The molecule has 0 radical (unpaired) electrons. The van der Waals surface area contributed by atoms with Gasteiger partial charge in [-0.2, -0.15) is 0 Å². The highest BCUT2D eigenvalue weighted by atomic mass is 35.5. The van der Waals surface area contributed by atoms with Crippen LogP contribution in [-0.4, -0.2) is 49.2 Å². The summed E-state index contributed by atoms with van der Waals surface area (Å²) in [5.41, 5.74) is -0.347. The van der Waals surface area contributed by atoms with Crippen LogP contribution in [0.2, 0.25) is 5.02 Å². The molecule has 0 saturated carbocycles. The normalized spacial score (nSPS) is 14.7. The highest BCUT2D eigenvalue weighted by molar-refractivity contribution is 6.32. The smallest absolute Gasteiger partial charge is 0.415 e. The summed E-state index contributed by atoms with van der Waals surface area (Å²) < 4.78 is 10.2. The lowest BCUT2D eigenvalue weighted by Crippen LogP contribution is -2.47. The molecule has 8 nitrogen and oxygen atoms in total. The van der Waals surface area contributed by atoms with E-state index in [2.05, 4.69) is 5.32 Å². The first kappa shape index (κ1) is 15.3. The van der Waals surface area contributed by atoms with Crippen LogP contribution >= 0.6 is 11.6 Å². The number of nitro groups is 1. The Morgan fingerprint density at radius 1 is 1.38 bits per heavy atom. The van der Waals surface area contributed by atoms with E-state index in [4.69, 9.17) is 21.1 Å². The molecule has 0 aromatic heterocycles. The Morgan fingerprint density at radius 3 is 2.62 bits per heavy atom. The van der Waals surface area contributed by atoms with Gasteiger partial charge in [-0.25, -0.2) is 4.79 Å². The number of amides is 1. The Kier molecular flexibility index (Phi) is 4.81. The molecular weight excluding hydrogens is 302 g/mol. The topological polar surface area (TPSA) is 93.9 Å². The van der Waals surface area contributed by atoms with Crippen molar-refractivity contribution < 1.29 is 19.2 Å². The standard InChI is InChI=1S/C12H14ClN3O5/c1-20-10-6-8(13)9(16(18)19)7-11(10)21-12(17)15-4-2-14-3-5-15/h6-7,14H,2-5H2,1H3. The van der Waals surface area contributed by atoms with Gasteiger partial charge in [-0.3, -0.25) is 10.1 Å². The number of ether oxygens (including phenoxy) is 2. The zero-order valence-corrected chi connectivity index (χ0v) is 12.1. The van der Waals surface area contributed by atoms with Gasteiger partial charge in [0.1, 0.15) is 5.02 Å². The summed E-state index contributed by atoms with van der Waals surface area (Å²) in [6, 6.07) is 2.33. The van der Waals surface area contributed by atoms with E-state index in [-0.39, 0.29) is 22.2 Å². The van der Waals surface area contributed by atoms with Gasteiger partial charge >= 0.3 is 6.09 Å². The average molecular weight is 316 g/mol. The van der Waals surface area contributed by atoms with Crippen LogP contribution in [-0.2, 0) is 0 Å². The third-order valence-corrected chi connectivity index (χ3v) is 3.30. The van der Waals surface area contributed by atoms with Gasteiger partial charge in [0.25, 0.3) is 5.69 Å². The van der Waals surface area contributed by atoms with Crippen LogP contribution in [0.5, 0.6) is 11.5 Å². The van der Waals surface area contributed by atoms with E-state index in [1.54, 1.807) is 0 Å². The van der Waals surface area contributed by atoms with Crippen molar-refractivity contribution in [2.45, 2.75) is 0 Å². The third-order valence-electron chi connectivity index (χ3n) is 3.00. The SMILES string of the molecule is COc1cc(Cl)c([N+](=O)[O-])cc1OC(=O)N1CCNCC1. The van der Waals surface area contributed by atoms with Crippen LogP contribution < -0.4 is 14.8 Å². The molecule has 0 aliphatic carbocycles. The van der Waals surface area contributed by atoms with Gasteiger partial charge in [-0.15, -0.1) is 0 Å². The van der Waals surface area contributed by atoms with E-state index < -0.39 is 11.0 Å². The first-order valence-corrected chi connectivity index (χ1v) is 6.60. The molecule has 9 heteroatoms.